The number of phenols is 1. The lowest BCUT2D eigenvalue weighted by Gasteiger charge is -2.08. The maximum absolute atomic E-state index is 10.1. The van der Waals surface area contributed by atoms with E-state index in [1.54, 1.807) is 6.07 Å². The second kappa shape index (κ2) is 3.93. The molecule has 3 heteroatoms. The van der Waals surface area contributed by atoms with Crippen LogP contribution in [0.4, 0.5) is 0 Å². The lowest BCUT2D eigenvalue weighted by atomic mass is 9.99. The zero-order chi connectivity index (χ0) is 11.8. The van der Waals surface area contributed by atoms with Gasteiger partial charge < -0.3 is 10.1 Å². The molecule has 0 aliphatic heterocycles. The van der Waals surface area contributed by atoms with E-state index >= 15 is 0 Å². The van der Waals surface area contributed by atoms with Crippen LogP contribution in [0.2, 0.25) is 0 Å². The number of aromatic amines is 1. The number of halogens is 1. The highest BCUT2D eigenvalue weighted by Crippen LogP contribution is 2.39. The van der Waals surface area contributed by atoms with Crippen LogP contribution in [0.15, 0.2) is 53.3 Å². The molecule has 1 aromatic heterocycles. The van der Waals surface area contributed by atoms with E-state index in [4.69, 9.17) is 0 Å². The van der Waals surface area contributed by atoms with Crippen LogP contribution in [-0.2, 0) is 0 Å². The highest BCUT2D eigenvalue weighted by atomic mass is 79.9. The van der Waals surface area contributed by atoms with Crippen molar-refractivity contribution in [3.63, 3.8) is 0 Å². The third kappa shape index (κ3) is 1.63. The molecule has 84 valence electrons. The average molecular weight is 288 g/mol. The van der Waals surface area contributed by atoms with Crippen LogP contribution in [0.25, 0.3) is 21.9 Å². The van der Waals surface area contributed by atoms with Crippen LogP contribution in [0.5, 0.6) is 5.75 Å². The van der Waals surface area contributed by atoms with Gasteiger partial charge in [-0.15, -0.1) is 0 Å². The number of aromatic nitrogens is 1. The van der Waals surface area contributed by atoms with Crippen molar-refractivity contribution >= 4 is 26.7 Å². The van der Waals surface area contributed by atoms with E-state index in [0.29, 0.717) is 5.75 Å². The van der Waals surface area contributed by atoms with Gasteiger partial charge in [0.2, 0.25) is 0 Å². The molecule has 17 heavy (non-hydrogen) atoms. The Labute approximate surface area is 107 Å². The fourth-order valence-electron chi connectivity index (χ4n) is 2.09. The van der Waals surface area contributed by atoms with E-state index in [2.05, 4.69) is 20.9 Å². The van der Waals surface area contributed by atoms with Gasteiger partial charge in [-0.25, -0.2) is 0 Å². The second-order valence-corrected chi connectivity index (χ2v) is 4.68. The molecule has 0 radical (unpaired) electrons. The van der Waals surface area contributed by atoms with Crippen molar-refractivity contribution in [1.29, 1.82) is 0 Å². The van der Waals surface area contributed by atoms with Crippen molar-refractivity contribution < 1.29 is 5.11 Å². The topological polar surface area (TPSA) is 36.0 Å². The summed E-state index contributed by atoms with van der Waals surface area (Å²) < 4.78 is 0.879. The Hall–Kier alpha value is -1.74. The molecule has 3 rings (SSSR count). The summed E-state index contributed by atoms with van der Waals surface area (Å²) in [6.07, 6.45) is 1.85. The number of hydrogen-bond donors (Lipinski definition) is 2. The summed E-state index contributed by atoms with van der Waals surface area (Å²) in [6.45, 7) is 0. The Morgan fingerprint density at radius 1 is 1.00 bits per heavy atom. The molecule has 0 unspecified atom stereocenters. The molecule has 0 fully saturated rings. The van der Waals surface area contributed by atoms with E-state index in [9.17, 15) is 5.11 Å². The van der Waals surface area contributed by atoms with E-state index in [1.165, 1.54) is 0 Å². The minimum Gasteiger partial charge on any atom is -0.507 e. The van der Waals surface area contributed by atoms with Crippen molar-refractivity contribution in [3.05, 3.63) is 53.3 Å². The van der Waals surface area contributed by atoms with Gasteiger partial charge in [0.1, 0.15) is 5.75 Å². The maximum Gasteiger partial charge on any atom is 0.124 e. The molecule has 3 aromatic rings. The number of aromatic hydroxyl groups is 1. The Morgan fingerprint density at radius 2 is 1.82 bits per heavy atom. The molecule has 0 atom stereocenters. The standard InChI is InChI=1S/C14H10BrNO/c15-14-11(7-8-16-14)13-10-4-2-1-3-9(10)5-6-12(13)17/h1-8,16-17H. The van der Waals surface area contributed by atoms with E-state index < -0.39 is 0 Å². The molecule has 0 bridgehead atoms. The molecular weight excluding hydrogens is 278 g/mol. The molecule has 0 saturated carbocycles. The fourth-order valence-corrected chi connectivity index (χ4v) is 2.55. The van der Waals surface area contributed by atoms with Gasteiger partial charge in [0.25, 0.3) is 0 Å². The van der Waals surface area contributed by atoms with Crippen LogP contribution < -0.4 is 0 Å². The van der Waals surface area contributed by atoms with E-state index in [0.717, 1.165) is 26.5 Å². The number of phenolic OH excluding ortho intramolecular Hbond substituents is 1. The number of nitrogens with one attached hydrogen (secondary N) is 1. The quantitative estimate of drug-likeness (QED) is 0.688. The highest BCUT2D eigenvalue weighted by Gasteiger charge is 2.12. The van der Waals surface area contributed by atoms with Crippen LogP contribution in [0.1, 0.15) is 0 Å². The van der Waals surface area contributed by atoms with Crippen molar-refractivity contribution in [2.75, 3.05) is 0 Å². The Kier molecular flexibility index (Phi) is 2.41. The molecule has 0 amide bonds. The smallest absolute Gasteiger partial charge is 0.124 e. The van der Waals surface area contributed by atoms with Gasteiger partial charge in [0.15, 0.2) is 0 Å². The number of benzene rings is 2. The Morgan fingerprint density at radius 3 is 2.59 bits per heavy atom. The molecular formula is C14H10BrNO. The first-order valence-electron chi connectivity index (χ1n) is 5.31. The largest absolute Gasteiger partial charge is 0.507 e. The summed E-state index contributed by atoms with van der Waals surface area (Å²) in [6, 6.07) is 13.6. The van der Waals surface area contributed by atoms with Gasteiger partial charge >= 0.3 is 0 Å². The fraction of sp³-hybridized carbons (Fsp3) is 0. The SMILES string of the molecule is Oc1ccc2ccccc2c1-c1cc[nH]c1Br. The molecule has 1 heterocycles. The zero-order valence-electron chi connectivity index (χ0n) is 8.94. The summed E-state index contributed by atoms with van der Waals surface area (Å²) in [5, 5.41) is 12.2. The van der Waals surface area contributed by atoms with Crippen LogP contribution in [0, 0.1) is 0 Å². The summed E-state index contributed by atoms with van der Waals surface area (Å²) in [7, 11) is 0. The maximum atomic E-state index is 10.1. The number of fused-ring (bicyclic) bond motifs is 1. The highest BCUT2D eigenvalue weighted by molar-refractivity contribution is 9.10. The summed E-state index contributed by atoms with van der Waals surface area (Å²) in [5.74, 6) is 0.295. The zero-order valence-corrected chi connectivity index (χ0v) is 10.5. The molecule has 0 saturated heterocycles. The molecule has 0 aliphatic rings. The lowest BCUT2D eigenvalue weighted by Crippen LogP contribution is -1.82. The van der Waals surface area contributed by atoms with Crippen LogP contribution in [0.3, 0.4) is 0 Å². The first-order valence-corrected chi connectivity index (χ1v) is 6.10. The molecule has 2 N–H and O–H groups in total. The lowest BCUT2D eigenvalue weighted by molar-refractivity contribution is 0.478. The predicted octanol–water partition coefficient (Wildman–Crippen LogP) is 4.30. The Balaban J connectivity index is 2.42. The van der Waals surface area contributed by atoms with Gasteiger partial charge in [-0.3, -0.25) is 0 Å². The third-order valence-electron chi connectivity index (χ3n) is 2.87. The minimum atomic E-state index is 0.295. The Bertz CT molecular complexity index is 688. The normalized spacial score (nSPS) is 10.9. The monoisotopic (exact) mass is 287 g/mol. The van der Waals surface area contributed by atoms with Crippen molar-refractivity contribution in [2.24, 2.45) is 0 Å². The molecule has 2 aromatic carbocycles. The predicted molar refractivity (Wildman–Crippen MR) is 73.1 cm³/mol. The number of H-pyrrole nitrogens is 1. The third-order valence-corrected chi connectivity index (χ3v) is 3.53. The number of rotatable bonds is 1. The van der Waals surface area contributed by atoms with Gasteiger partial charge in [0.05, 0.1) is 4.60 Å². The van der Waals surface area contributed by atoms with Crippen LogP contribution >= 0.6 is 15.9 Å². The van der Waals surface area contributed by atoms with E-state index in [-0.39, 0.29) is 0 Å². The average Bonchev–Trinajstić information content (AvgIpc) is 2.75. The van der Waals surface area contributed by atoms with Gasteiger partial charge in [-0.1, -0.05) is 30.3 Å². The summed E-state index contributed by atoms with van der Waals surface area (Å²) in [4.78, 5) is 3.06. The van der Waals surface area contributed by atoms with Gasteiger partial charge in [-0.05, 0) is 38.8 Å². The van der Waals surface area contributed by atoms with Crippen molar-refractivity contribution in [2.45, 2.75) is 0 Å². The van der Waals surface area contributed by atoms with Gasteiger partial charge in [0, 0.05) is 17.3 Å². The molecule has 0 spiro atoms. The molecule has 0 aliphatic carbocycles. The first kappa shape index (κ1) is 10.4. The second-order valence-electron chi connectivity index (χ2n) is 3.89. The van der Waals surface area contributed by atoms with Gasteiger partial charge in [-0.2, -0.15) is 0 Å². The van der Waals surface area contributed by atoms with Crippen molar-refractivity contribution in [1.82, 2.24) is 4.98 Å². The van der Waals surface area contributed by atoms with Crippen molar-refractivity contribution in [3.8, 4) is 16.9 Å². The van der Waals surface area contributed by atoms with Crippen LogP contribution in [-0.4, -0.2) is 10.1 Å². The van der Waals surface area contributed by atoms with E-state index in [1.807, 2.05) is 42.6 Å². The molecule has 2 nitrogen and oxygen atoms in total. The minimum absolute atomic E-state index is 0.295. The first-order chi connectivity index (χ1) is 8.27. The number of hydrogen-bond acceptors (Lipinski definition) is 1. The summed E-state index contributed by atoms with van der Waals surface area (Å²) >= 11 is 3.46. The summed E-state index contributed by atoms with van der Waals surface area (Å²) in [5.41, 5.74) is 1.83.